The third-order valence-corrected chi connectivity index (χ3v) is 2.22. The first-order valence-electron chi connectivity index (χ1n) is 6.35. The van der Waals surface area contributed by atoms with E-state index in [0.29, 0.717) is 30.3 Å². The predicted molar refractivity (Wildman–Crippen MR) is 77.1 cm³/mol. The number of amides is 1. The summed E-state index contributed by atoms with van der Waals surface area (Å²) in [6.45, 7) is 6.04. The Bertz CT molecular complexity index is 455. The molecule has 6 nitrogen and oxygen atoms in total. The minimum Gasteiger partial charge on any atom is -0.493 e. The van der Waals surface area contributed by atoms with E-state index < -0.39 is 11.7 Å². The third kappa shape index (κ3) is 5.69. The van der Waals surface area contributed by atoms with Crippen LogP contribution in [0.15, 0.2) is 18.2 Å². The summed E-state index contributed by atoms with van der Waals surface area (Å²) in [5.41, 5.74) is 5.75. The van der Waals surface area contributed by atoms with Crippen LogP contribution in [0.5, 0.6) is 11.5 Å². The molecule has 1 rings (SSSR count). The fraction of sp³-hybridized carbons (Fsp3) is 0.500. The van der Waals surface area contributed by atoms with Crippen LogP contribution in [0.2, 0.25) is 0 Å². The highest BCUT2D eigenvalue weighted by Gasteiger charge is 2.15. The summed E-state index contributed by atoms with van der Waals surface area (Å²) in [5.74, 6) is 1.13. The first-order valence-corrected chi connectivity index (χ1v) is 6.35. The van der Waals surface area contributed by atoms with E-state index in [1.54, 1.807) is 46.1 Å². The minimum atomic E-state index is -0.512. The smallest absolute Gasteiger partial charge is 0.407 e. The van der Waals surface area contributed by atoms with E-state index in [1.807, 2.05) is 0 Å². The number of alkyl carbamates (subject to hydrolysis) is 1. The molecule has 0 unspecified atom stereocenters. The Morgan fingerprint density at radius 3 is 2.60 bits per heavy atom. The molecular weight excluding hydrogens is 260 g/mol. The molecule has 0 spiro atoms. The van der Waals surface area contributed by atoms with Gasteiger partial charge in [-0.25, -0.2) is 4.79 Å². The molecule has 0 fully saturated rings. The minimum absolute atomic E-state index is 0.291. The number of benzene rings is 1. The molecular formula is C14H22N2O4. The zero-order chi connectivity index (χ0) is 15.2. The van der Waals surface area contributed by atoms with Crippen molar-refractivity contribution in [2.45, 2.75) is 26.4 Å². The Kier molecular flexibility index (Phi) is 5.49. The van der Waals surface area contributed by atoms with Crippen molar-refractivity contribution in [2.24, 2.45) is 0 Å². The maximum absolute atomic E-state index is 11.4. The van der Waals surface area contributed by atoms with E-state index in [1.165, 1.54) is 0 Å². The number of carbonyl (C=O) groups excluding carboxylic acids is 1. The molecule has 20 heavy (non-hydrogen) atoms. The number of hydrogen-bond donors (Lipinski definition) is 2. The van der Waals surface area contributed by atoms with Crippen molar-refractivity contribution in [3.63, 3.8) is 0 Å². The lowest BCUT2D eigenvalue weighted by atomic mass is 10.2. The molecule has 0 atom stereocenters. The van der Waals surface area contributed by atoms with Crippen LogP contribution in [0.1, 0.15) is 20.8 Å². The van der Waals surface area contributed by atoms with Gasteiger partial charge in [-0.1, -0.05) is 0 Å². The van der Waals surface area contributed by atoms with Gasteiger partial charge in [0.25, 0.3) is 0 Å². The van der Waals surface area contributed by atoms with Gasteiger partial charge in [0.15, 0.2) is 11.5 Å². The lowest BCUT2D eigenvalue weighted by Gasteiger charge is -2.19. The van der Waals surface area contributed by atoms with Crippen LogP contribution in [0, 0.1) is 0 Å². The van der Waals surface area contributed by atoms with E-state index in [-0.39, 0.29) is 0 Å². The molecule has 1 aromatic rings. The van der Waals surface area contributed by atoms with Crippen molar-refractivity contribution in [1.29, 1.82) is 0 Å². The monoisotopic (exact) mass is 282 g/mol. The number of anilines is 1. The van der Waals surface area contributed by atoms with Gasteiger partial charge in [-0.05, 0) is 32.9 Å². The van der Waals surface area contributed by atoms with Crippen molar-refractivity contribution in [2.75, 3.05) is 26.0 Å². The highest BCUT2D eigenvalue weighted by molar-refractivity contribution is 5.67. The molecule has 0 bridgehead atoms. The van der Waals surface area contributed by atoms with Crippen molar-refractivity contribution >= 4 is 11.8 Å². The number of nitrogen functional groups attached to an aromatic ring is 1. The highest BCUT2D eigenvalue weighted by atomic mass is 16.6. The Morgan fingerprint density at radius 1 is 1.30 bits per heavy atom. The molecule has 3 N–H and O–H groups in total. The van der Waals surface area contributed by atoms with E-state index in [0.717, 1.165) is 0 Å². The Balaban J connectivity index is 2.38. The molecule has 112 valence electrons. The molecule has 1 amide bonds. The zero-order valence-corrected chi connectivity index (χ0v) is 12.4. The SMILES string of the molecule is COc1ccc(N)cc1OCCNC(=O)OC(C)(C)C. The summed E-state index contributed by atoms with van der Waals surface area (Å²) < 4.78 is 15.8. The van der Waals surface area contributed by atoms with Gasteiger partial charge in [0, 0.05) is 11.8 Å². The van der Waals surface area contributed by atoms with Crippen LogP contribution in [-0.4, -0.2) is 32.0 Å². The van der Waals surface area contributed by atoms with Crippen molar-refractivity contribution < 1.29 is 19.0 Å². The topological polar surface area (TPSA) is 82.8 Å². The van der Waals surface area contributed by atoms with E-state index in [2.05, 4.69) is 5.32 Å². The lowest BCUT2D eigenvalue weighted by molar-refractivity contribution is 0.0520. The molecule has 0 aliphatic heterocycles. The number of hydrogen-bond acceptors (Lipinski definition) is 5. The molecule has 0 saturated heterocycles. The van der Waals surface area contributed by atoms with Gasteiger partial charge >= 0.3 is 6.09 Å². The molecule has 0 heterocycles. The fourth-order valence-corrected chi connectivity index (χ4v) is 1.43. The van der Waals surface area contributed by atoms with Gasteiger partial charge in [0.1, 0.15) is 12.2 Å². The van der Waals surface area contributed by atoms with Crippen LogP contribution in [0.25, 0.3) is 0 Å². The van der Waals surface area contributed by atoms with Gasteiger partial charge in [-0.3, -0.25) is 0 Å². The van der Waals surface area contributed by atoms with Gasteiger partial charge in [0.2, 0.25) is 0 Å². The predicted octanol–water partition coefficient (Wildman–Crippen LogP) is 2.18. The summed E-state index contributed by atoms with van der Waals surface area (Å²) >= 11 is 0. The van der Waals surface area contributed by atoms with Crippen LogP contribution in [0.4, 0.5) is 10.5 Å². The second-order valence-corrected chi connectivity index (χ2v) is 5.19. The second kappa shape index (κ2) is 6.88. The Morgan fingerprint density at radius 2 is 2.00 bits per heavy atom. The summed E-state index contributed by atoms with van der Waals surface area (Å²) in [6.07, 6.45) is -0.472. The molecule has 1 aromatic carbocycles. The Labute approximate surface area is 119 Å². The van der Waals surface area contributed by atoms with Crippen molar-refractivity contribution in [1.82, 2.24) is 5.32 Å². The normalized spacial score (nSPS) is 10.8. The summed E-state index contributed by atoms with van der Waals surface area (Å²) in [4.78, 5) is 11.4. The van der Waals surface area contributed by atoms with Crippen LogP contribution in [0.3, 0.4) is 0 Å². The molecule has 0 aliphatic rings. The van der Waals surface area contributed by atoms with Gasteiger partial charge in [-0.2, -0.15) is 0 Å². The fourth-order valence-electron chi connectivity index (χ4n) is 1.43. The molecule has 0 radical (unpaired) electrons. The maximum Gasteiger partial charge on any atom is 0.407 e. The third-order valence-electron chi connectivity index (χ3n) is 2.22. The van der Waals surface area contributed by atoms with E-state index in [4.69, 9.17) is 19.9 Å². The first-order chi connectivity index (χ1) is 9.31. The number of methoxy groups -OCH3 is 1. The largest absolute Gasteiger partial charge is 0.493 e. The maximum atomic E-state index is 11.4. The number of nitrogens with two attached hydrogens (primary N) is 1. The van der Waals surface area contributed by atoms with Gasteiger partial charge in [-0.15, -0.1) is 0 Å². The average Bonchev–Trinajstić information content (AvgIpc) is 2.33. The van der Waals surface area contributed by atoms with Crippen molar-refractivity contribution in [3.05, 3.63) is 18.2 Å². The zero-order valence-electron chi connectivity index (χ0n) is 12.4. The van der Waals surface area contributed by atoms with Gasteiger partial charge < -0.3 is 25.3 Å². The van der Waals surface area contributed by atoms with E-state index in [9.17, 15) is 4.79 Å². The number of carbonyl (C=O) groups is 1. The van der Waals surface area contributed by atoms with Gasteiger partial charge in [0.05, 0.1) is 13.7 Å². The first kappa shape index (κ1) is 15.9. The van der Waals surface area contributed by atoms with Crippen LogP contribution < -0.4 is 20.5 Å². The number of nitrogens with one attached hydrogen (secondary N) is 1. The van der Waals surface area contributed by atoms with Crippen molar-refractivity contribution in [3.8, 4) is 11.5 Å². The summed E-state index contributed by atoms with van der Waals surface area (Å²) in [5, 5.41) is 2.60. The summed E-state index contributed by atoms with van der Waals surface area (Å²) in [6, 6.07) is 5.13. The average molecular weight is 282 g/mol. The molecule has 0 saturated carbocycles. The van der Waals surface area contributed by atoms with E-state index >= 15 is 0 Å². The molecule has 6 heteroatoms. The quantitative estimate of drug-likeness (QED) is 0.639. The highest BCUT2D eigenvalue weighted by Crippen LogP contribution is 2.28. The summed E-state index contributed by atoms with van der Waals surface area (Å²) in [7, 11) is 1.55. The molecule has 0 aromatic heterocycles. The van der Waals surface area contributed by atoms with Crippen LogP contribution >= 0.6 is 0 Å². The standard InChI is InChI=1S/C14H22N2O4/c1-14(2,3)20-13(17)16-7-8-19-12-9-10(15)5-6-11(12)18-4/h5-6,9H,7-8,15H2,1-4H3,(H,16,17). The Hall–Kier alpha value is -2.11. The number of ether oxygens (including phenoxy) is 3. The lowest BCUT2D eigenvalue weighted by Crippen LogP contribution is -2.34. The number of rotatable bonds is 5. The van der Waals surface area contributed by atoms with Crippen LogP contribution in [-0.2, 0) is 4.74 Å². The second-order valence-electron chi connectivity index (χ2n) is 5.19. The molecule has 0 aliphatic carbocycles.